The van der Waals surface area contributed by atoms with Crippen LogP contribution in [0.5, 0.6) is 0 Å². The molecule has 148 valence electrons. The van der Waals surface area contributed by atoms with Gasteiger partial charge < -0.3 is 20.4 Å². The number of piperazine rings is 1. The van der Waals surface area contributed by atoms with Crippen LogP contribution in [0, 0.1) is 0 Å². The van der Waals surface area contributed by atoms with E-state index in [0.717, 1.165) is 24.5 Å². The largest absolute Gasteiger partial charge is 0.368 e. The van der Waals surface area contributed by atoms with Crippen molar-refractivity contribution in [2.24, 2.45) is 0 Å². The third kappa shape index (κ3) is 5.18. The Morgan fingerprint density at radius 1 is 1.00 bits per heavy atom. The second-order valence-electron chi connectivity index (χ2n) is 6.70. The molecule has 0 unspecified atom stereocenters. The Bertz CT molecular complexity index is 819. The van der Waals surface area contributed by atoms with Gasteiger partial charge in [0.2, 0.25) is 11.8 Å². The minimum absolute atomic E-state index is 0.0570. The lowest BCUT2D eigenvalue weighted by molar-refractivity contribution is -0.129. The predicted molar refractivity (Wildman–Crippen MR) is 109 cm³/mol. The molecule has 28 heavy (non-hydrogen) atoms. The number of hydrogen-bond acceptors (Lipinski definition) is 6. The number of rotatable bonds is 6. The molecule has 1 saturated heterocycles. The summed E-state index contributed by atoms with van der Waals surface area (Å²) in [5.74, 6) is 2.24. The maximum Gasteiger partial charge on any atom is 0.219 e. The highest BCUT2D eigenvalue weighted by Crippen LogP contribution is 2.23. The van der Waals surface area contributed by atoms with Crippen LogP contribution < -0.4 is 15.5 Å². The van der Waals surface area contributed by atoms with Gasteiger partial charge in [0.05, 0.1) is 0 Å². The second-order valence-corrected chi connectivity index (χ2v) is 6.70. The average Bonchev–Trinajstić information content (AvgIpc) is 2.71. The normalized spacial score (nSPS) is 13.9. The number of amides is 2. The first-order valence-electron chi connectivity index (χ1n) is 9.46. The first kappa shape index (κ1) is 19.6. The molecule has 1 fully saturated rings. The molecule has 0 saturated carbocycles. The summed E-state index contributed by atoms with van der Waals surface area (Å²) in [6, 6.07) is 11.8. The van der Waals surface area contributed by atoms with Crippen LogP contribution in [0.4, 0.5) is 11.6 Å². The van der Waals surface area contributed by atoms with Crippen molar-refractivity contribution in [3.63, 3.8) is 0 Å². The van der Waals surface area contributed by atoms with E-state index in [4.69, 9.17) is 4.98 Å². The predicted octanol–water partition coefficient (Wildman–Crippen LogP) is 1.36. The second kappa shape index (κ2) is 9.16. The van der Waals surface area contributed by atoms with Gasteiger partial charge in [0.25, 0.3) is 0 Å². The third-order valence-electron chi connectivity index (χ3n) is 4.60. The van der Waals surface area contributed by atoms with Gasteiger partial charge in [0, 0.05) is 64.7 Å². The smallest absolute Gasteiger partial charge is 0.219 e. The zero-order valence-corrected chi connectivity index (χ0v) is 16.3. The van der Waals surface area contributed by atoms with Crippen molar-refractivity contribution in [2.75, 3.05) is 49.5 Å². The summed E-state index contributed by atoms with van der Waals surface area (Å²) in [4.78, 5) is 36.0. The Hall–Kier alpha value is -3.16. The maximum atomic E-state index is 11.6. The standard InChI is InChI=1S/C20H26N6O2/c1-15(27)21-8-9-22-18-14-19(26-12-10-25(11-13-26)16(2)28)24-20(23-18)17-6-4-3-5-7-17/h3-7,14H,8-13H2,1-2H3,(H,21,27)(H,22,23,24). The molecule has 2 aromatic rings. The molecule has 3 rings (SSSR count). The van der Waals surface area contributed by atoms with Crippen LogP contribution in [0.3, 0.4) is 0 Å². The number of nitrogens with one attached hydrogen (secondary N) is 2. The minimum atomic E-state index is -0.0570. The van der Waals surface area contributed by atoms with E-state index in [1.165, 1.54) is 6.92 Å². The van der Waals surface area contributed by atoms with Gasteiger partial charge in [-0.25, -0.2) is 9.97 Å². The first-order valence-corrected chi connectivity index (χ1v) is 9.46. The lowest BCUT2D eigenvalue weighted by Crippen LogP contribution is -2.48. The molecular weight excluding hydrogens is 356 g/mol. The summed E-state index contributed by atoms with van der Waals surface area (Å²) in [5.41, 5.74) is 0.941. The van der Waals surface area contributed by atoms with Gasteiger partial charge in [0.15, 0.2) is 5.82 Å². The molecule has 0 radical (unpaired) electrons. The molecule has 0 atom stereocenters. The summed E-state index contributed by atoms with van der Waals surface area (Å²) in [7, 11) is 0. The molecule has 1 aromatic heterocycles. The highest BCUT2D eigenvalue weighted by Gasteiger charge is 2.21. The highest BCUT2D eigenvalue weighted by atomic mass is 16.2. The summed E-state index contributed by atoms with van der Waals surface area (Å²) < 4.78 is 0. The average molecular weight is 382 g/mol. The molecule has 0 aliphatic carbocycles. The topological polar surface area (TPSA) is 90.5 Å². The molecule has 0 spiro atoms. The van der Waals surface area contributed by atoms with Gasteiger partial charge in [-0.2, -0.15) is 0 Å². The Balaban J connectivity index is 1.79. The van der Waals surface area contributed by atoms with Gasteiger partial charge in [-0.1, -0.05) is 30.3 Å². The van der Waals surface area contributed by atoms with E-state index in [1.54, 1.807) is 6.92 Å². The maximum absolute atomic E-state index is 11.6. The number of carbonyl (C=O) groups excluding carboxylic acids is 2. The number of hydrogen-bond donors (Lipinski definition) is 2. The number of anilines is 2. The van der Waals surface area contributed by atoms with Crippen molar-refractivity contribution in [3.05, 3.63) is 36.4 Å². The molecule has 1 aliphatic rings. The fourth-order valence-corrected chi connectivity index (χ4v) is 3.08. The molecule has 8 heteroatoms. The fourth-order valence-electron chi connectivity index (χ4n) is 3.08. The molecule has 0 bridgehead atoms. The van der Waals surface area contributed by atoms with Gasteiger partial charge >= 0.3 is 0 Å². The molecule has 1 aromatic carbocycles. The number of carbonyl (C=O) groups is 2. The van der Waals surface area contributed by atoms with Gasteiger partial charge in [0.1, 0.15) is 11.6 Å². The lowest BCUT2D eigenvalue weighted by Gasteiger charge is -2.35. The van der Waals surface area contributed by atoms with E-state index >= 15 is 0 Å². The first-order chi connectivity index (χ1) is 13.5. The Morgan fingerprint density at radius 3 is 2.36 bits per heavy atom. The Kier molecular flexibility index (Phi) is 6.41. The summed E-state index contributed by atoms with van der Waals surface area (Å²) in [6.45, 7) is 7.03. The van der Waals surface area contributed by atoms with E-state index in [9.17, 15) is 9.59 Å². The van der Waals surface area contributed by atoms with Crippen LogP contribution in [0.2, 0.25) is 0 Å². The highest BCUT2D eigenvalue weighted by molar-refractivity contribution is 5.73. The van der Waals surface area contributed by atoms with Crippen LogP contribution >= 0.6 is 0 Å². The third-order valence-corrected chi connectivity index (χ3v) is 4.60. The van der Waals surface area contributed by atoms with Gasteiger partial charge in [-0.15, -0.1) is 0 Å². The molecular formula is C20H26N6O2. The molecule has 8 nitrogen and oxygen atoms in total. The lowest BCUT2D eigenvalue weighted by atomic mass is 10.2. The van der Waals surface area contributed by atoms with E-state index in [1.807, 2.05) is 41.3 Å². The van der Waals surface area contributed by atoms with E-state index in [0.29, 0.717) is 37.8 Å². The summed E-state index contributed by atoms with van der Waals surface area (Å²) in [6.07, 6.45) is 0. The van der Waals surface area contributed by atoms with Gasteiger partial charge in [-0.3, -0.25) is 9.59 Å². The Morgan fingerprint density at radius 2 is 1.71 bits per heavy atom. The Labute approximate surface area is 165 Å². The van der Waals surface area contributed by atoms with E-state index < -0.39 is 0 Å². The molecule has 2 amide bonds. The molecule has 2 N–H and O–H groups in total. The van der Waals surface area contributed by atoms with Crippen LogP contribution in [0.1, 0.15) is 13.8 Å². The van der Waals surface area contributed by atoms with Crippen LogP contribution in [-0.2, 0) is 9.59 Å². The van der Waals surface area contributed by atoms with Gasteiger partial charge in [-0.05, 0) is 0 Å². The van der Waals surface area contributed by atoms with Crippen molar-refractivity contribution in [1.82, 2.24) is 20.2 Å². The van der Waals surface area contributed by atoms with E-state index in [-0.39, 0.29) is 11.8 Å². The molecule has 2 heterocycles. The van der Waals surface area contributed by atoms with Crippen molar-refractivity contribution >= 4 is 23.5 Å². The minimum Gasteiger partial charge on any atom is -0.368 e. The quantitative estimate of drug-likeness (QED) is 0.733. The number of nitrogens with zero attached hydrogens (tertiary/aromatic N) is 4. The van der Waals surface area contributed by atoms with Crippen molar-refractivity contribution in [1.29, 1.82) is 0 Å². The monoisotopic (exact) mass is 382 g/mol. The zero-order chi connectivity index (χ0) is 19.9. The van der Waals surface area contributed by atoms with Crippen LogP contribution in [-0.4, -0.2) is 66.0 Å². The summed E-state index contributed by atoms with van der Waals surface area (Å²) >= 11 is 0. The van der Waals surface area contributed by atoms with Crippen molar-refractivity contribution in [3.8, 4) is 11.4 Å². The molecule has 1 aliphatic heterocycles. The summed E-state index contributed by atoms with van der Waals surface area (Å²) in [5, 5.41) is 6.02. The van der Waals surface area contributed by atoms with Crippen LogP contribution in [0.15, 0.2) is 36.4 Å². The van der Waals surface area contributed by atoms with Crippen LogP contribution in [0.25, 0.3) is 11.4 Å². The SMILES string of the molecule is CC(=O)NCCNc1cc(N2CCN(C(C)=O)CC2)nc(-c2ccccc2)n1. The number of benzene rings is 1. The van der Waals surface area contributed by atoms with Crippen molar-refractivity contribution in [2.45, 2.75) is 13.8 Å². The number of aromatic nitrogens is 2. The zero-order valence-electron chi connectivity index (χ0n) is 16.3. The van der Waals surface area contributed by atoms with E-state index in [2.05, 4.69) is 20.5 Å². The fraction of sp³-hybridized carbons (Fsp3) is 0.400. The van der Waals surface area contributed by atoms with Crippen molar-refractivity contribution < 1.29 is 9.59 Å².